The standard InChI is InChI=1S/C27H29ClN2O4/c1-2-8-21-16-24-22(30-26(34-24)20-10-4-3-5-11-20)17-23(21)33-14-7-13-29-27(28)12-6-9-19(18-27)15-25(31)32/h3-6,9-12,16-17,29H,2,7-8,13-15,18H2,1H3,(H,31,32). The van der Waals surface area contributed by atoms with Gasteiger partial charge in [-0.05, 0) is 42.7 Å². The Morgan fingerprint density at radius 1 is 1.29 bits per heavy atom. The van der Waals surface area contributed by atoms with Crippen LogP contribution in [-0.2, 0) is 11.2 Å². The zero-order valence-electron chi connectivity index (χ0n) is 19.2. The van der Waals surface area contributed by atoms with Crippen molar-refractivity contribution in [3.05, 3.63) is 71.8 Å². The van der Waals surface area contributed by atoms with Gasteiger partial charge in [0.15, 0.2) is 5.58 Å². The second-order valence-electron chi connectivity index (χ2n) is 8.49. The molecule has 0 radical (unpaired) electrons. The van der Waals surface area contributed by atoms with Gasteiger partial charge in [-0.25, -0.2) is 4.98 Å². The molecule has 0 bridgehead atoms. The molecule has 4 rings (SSSR count). The number of aryl methyl sites for hydroxylation is 1. The van der Waals surface area contributed by atoms with Crippen molar-refractivity contribution in [3.8, 4) is 17.2 Å². The van der Waals surface area contributed by atoms with Gasteiger partial charge in [0.1, 0.15) is 16.3 Å². The molecule has 1 atom stereocenters. The lowest BCUT2D eigenvalue weighted by molar-refractivity contribution is -0.136. The summed E-state index contributed by atoms with van der Waals surface area (Å²) in [6.07, 6.45) is 8.59. The summed E-state index contributed by atoms with van der Waals surface area (Å²) in [5, 5.41) is 12.3. The molecule has 2 aromatic carbocycles. The summed E-state index contributed by atoms with van der Waals surface area (Å²) in [7, 11) is 0. The van der Waals surface area contributed by atoms with Crippen molar-refractivity contribution < 1.29 is 19.1 Å². The van der Waals surface area contributed by atoms with Crippen LogP contribution in [-0.4, -0.2) is 34.2 Å². The Morgan fingerprint density at radius 2 is 2.12 bits per heavy atom. The quantitative estimate of drug-likeness (QED) is 0.196. The molecular formula is C27H29ClN2O4. The molecule has 0 fully saturated rings. The minimum atomic E-state index is -0.850. The average molecular weight is 481 g/mol. The van der Waals surface area contributed by atoms with Crippen LogP contribution in [0.15, 0.2) is 70.7 Å². The predicted octanol–water partition coefficient (Wildman–Crippen LogP) is 6.10. The van der Waals surface area contributed by atoms with E-state index in [1.165, 1.54) is 0 Å². The second kappa shape index (κ2) is 10.9. The van der Waals surface area contributed by atoms with Gasteiger partial charge in [0.05, 0.1) is 13.0 Å². The predicted molar refractivity (Wildman–Crippen MR) is 134 cm³/mol. The van der Waals surface area contributed by atoms with Crippen LogP contribution in [0.5, 0.6) is 5.75 Å². The minimum Gasteiger partial charge on any atom is -0.493 e. The topological polar surface area (TPSA) is 84.6 Å². The van der Waals surface area contributed by atoms with E-state index in [2.05, 4.69) is 17.2 Å². The van der Waals surface area contributed by atoms with Gasteiger partial charge in [-0.15, -0.1) is 0 Å². The highest BCUT2D eigenvalue weighted by Gasteiger charge is 2.27. The van der Waals surface area contributed by atoms with Crippen LogP contribution in [0, 0.1) is 0 Å². The number of nitrogens with one attached hydrogen (secondary N) is 1. The molecule has 1 aliphatic rings. The number of aliphatic carboxylic acids is 1. The Kier molecular flexibility index (Phi) is 7.70. The van der Waals surface area contributed by atoms with Crippen molar-refractivity contribution in [3.63, 3.8) is 0 Å². The van der Waals surface area contributed by atoms with Crippen LogP contribution >= 0.6 is 11.6 Å². The first-order chi connectivity index (χ1) is 16.5. The van der Waals surface area contributed by atoms with Crippen molar-refractivity contribution in [2.24, 2.45) is 0 Å². The maximum Gasteiger partial charge on any atom is 0.307 e. The zero-order valence-corrected chi connectivity index (χ0v) is 20.0. The number of hydrogen-bond acceptors (Lipinski definition) is 5. The van der Waals surface area contributed by atoms with Crippen LogP contribution in [0.2, 0.25) is 0 Å². The average Bonchev–Trinajstić information content (AvgIpc) is 3.22. The van der Waals surface area contributed by atoms with Crippen LogP contribution in [0.3, 0.4) is 0 Å². The maximum absolute atomic E-state index is 11.0. The van der Waals surface area contributed by atoms with Gasteiger partial charge in [0, 0.05) is 24.6 Å². The molecule has 7 heteroatoms. The van der Waals surface area contributed by atoms with Gasteiger partial charge < -0.3 is 14.3 Å². The number of benzene rings is 2. The molecule has 1 aliphatic carbocycles. The molecule has 1 heterocycles. The highest BCUT2D eigenvalue weighted by Crippen LogP contribution is 2.31. The lowest BCUT2D eigenvalue weighted by atomic mass is 9.97. The number of nitrogens with zero attached hydrogens (tertiary/aromatic N) is 1. The van der Waals surface area contributed by atoms with Crippen molar-refractivity contribution in [1.82, 2.24) is 10.3 Å². The number of aromatic nitrogens is 1. The first-order valence-corrected chi connectivity index (χ1v) is 12.0. The summed E-state index contributed by atoms with van der Waals surface area (Å²) in [5.74, 6) is 0.576. The Balaban J connectivity index is 1.36. The smallest absolute Gasteiger partial charge is 0.307 e. The normalized spacial score (nSPS) is 17.6. The third-order valence-electron chi connectivity index (χ3n) is 5.66. The number of allylic oxidation sites excluding steroid dienone is 2. The van der Waals surface area contributed by atoms with E-state index >= 15 is 0 Å². The summed E-state index contributed by atoms with van der Waals surface area (Å²) in [6, 6.07) is 13.8. The number of rotatable bonds is 11. The highest BCUT2D eigenvalue weighted by molar-refractivity contribution is 6.25. The van der Waals surface area contributed by atoms with E-state index in [1.54, 1.807) is 0 Å². The third-order valence-corrected chi connectivity index (χ3v) is 6.06. The fourth-order valence-electron chi connectivity index (χ4n) is 4.07. The van der Waals surface area contributed by atoms with E-state index in [-0.39, 0.29) is 6.42 Å². The van der Waals surface area contributed by atoms with Crippen LogP contribution < -0.4 is 10.1 Å². The molecule has 0 spiro atoms. The van der Waals surface area contributed by atoms with E-state index in [9.17, 15) is 4.79 Å². The van der Waals surface area contributed by atoms with Gasteiger partial charge in [-0.1, -0.05) is 60.9 Å². The molecule has 1 unspecified atom stereocenters. The number of carbonyl (C=O) groups is 1. The molecule has 34 heavy (non-hydrogen) atoms. The summed E-state index contributed by atoms with van der Waals surface area (Å²) >= 11 is 6.64. The molecule has 0 saturated carbocycles. The molecule has 3 aromatic rings. The number of oxazole rings is 1. The third kappa shape index (κ3) is 6.07. The Labute approximate surface area is 204 Å². The van der Waals surface area contributed by atoms with Crippen molar-refractivity contribution in [2.75, 3.05) is 13.2 Å². The summed E-state index contributed by atoms with van der Waals surface area (Å²) in [5.41, 5.74) is 4.38. The van der Waals surface area contributed by atoms with Gasteiger partial charge >= 0.3 is 5.97 Å². The first-order valence-electron chi connectivity index (χ1n) is 11.6. The number of fused-ring (bicyclic) bond motifs is 1. The van der Waals surface area contributed by atoms with Gasteiger partial charge in [0.25, 0.3) is 0 Å². The van der Waals surface area contributed by atoms with E-state index < -0.39 is 11.0 Å². The fourth-order valence-corrected chi connectivity index (χ4v) is 4.41. The molecule has 0 amide bonds. The SMILES string of the molecule is CCCc1cc2oc(-c3ccccc3)nc2cc1OCCCNC1(Cl)C=CC=C(CC(=O)O)C1. The van der Waals surface area contributed by atoms with Gasteiger partial charge in [-0.3, -0.25) is 10.1 Å². The summed E-state index contributed by atoms with van der Waals surface area (Å²) in [6.45, 7) is 3.30. The molecule has 0 aliphatic heterocycles. The van der Waals surface area contributed by atoms with E-state index in [0.717, 1.165) is 52.8 Å². The highest BCUT2D eigenvalue weighted by atomic mass is 35.5. The monoisotopic (exact) mass is 480 g/mol. The van der Waals surface area contributed by atoms with Crippen molar-refractivity contribution in [1.29, 1.82) is 0 Å². The Morgan fingerprint density at radius 3 is 2.88 bits per heavy atom. The molecule has 1 aromatic heterocycles. The minimum absolute atomic E-state index is 0.000315. The number of ether oxygens (including phenoxy) is 1. The van der Waals surface area contributed by atoms with Crippen molar-refractivity contribution in [2.45, 2.75) is 44.0 Å². The van der Waals surface area contributed by atoms with E-state index in [0.29, 0.717) is 25.5 Å². The van der Waals surface area contributed by atoms with Crippen molar-refractivity contribution >= 4 is 28.7 Å². The molecule has 178 valence electrons. The van der Waals surface area contributed by atoms with E-state index in [1.807, 2.05) is 60.7 Å². The maximum atomic E-state index is 11.0. The molecular weight excluding hydrogens is 452 g/mol. The van der Waals surface area contributed by atoms with Crippen LogP contribution in [0.1, 0.15) is 38.2 Å². The Hall–Kier alpha value is -3.09. The lowest BCUT2D eigenvalue weighted by Crippen LogP contribution is -2.40. The van der Waals surface area contributed by atoms with Gasteiger partial charge in [0.2, 0.25) is 5.89 Å². The number of hydrogen-bond donors (Lipinski definition) is 2. The lowest BCUT2D eigenvalue weighted by Gasteiger charge is -2.28. The molecule has 6 nitrogen and oxygen atoms in total. The van der Waals surface area contributed by atoms with Crippen LogP contribution in [0.4, 0.5) is 0 Å². The summed E-state index contributed by atoms with van der Waals surface area (Å²) in [4.78, 5) is 14.9. The number of carboxylic acids is 1. The molecule has 2 N–H and O–H groups in total. The number of alkyl halides is 1. The molecule has 0 saturated heterocycles. The summed E-state index contributed by atoms with van der Waals surface area (Å²) < 4.78 is 12.1. The van der Waals surface area contributed by atoms with Crippen LogP contribution in [0.25, 0.3) is 22.6 Å². The first kappa shape index (κ1) is 24.0. The van der Waals surface area contributed by atoms with Gasteiger partial charge in [-0.2, -0.15) is 0 Å². The van der Waals surface area contributed by atoms with E-state index in [4.69, 9.17) is 25.9 Å². The zero-order chi connectivity index (χ0) is 24.0. The largest absolute Gasteiger partial charge is 0.493 e. The second-order valence-corrected chi connectivity index (χ2v) is 9.16. The fraction of sp³-hybridized carbons (Fsp3) is 0.333. The Bertz CT molecular complexity index is 1200. The number of carboxylic acid groups (broad SMARTS) is 1. The number of halogens is 1.